The van der Waals surface area contributed by atoms with Crippen LogP contribution in [0.5, 0.6) is 5.75 Å². The molecule has 2 aromatic rings. The maximum Gasteiger partial charge on any atom is 0.119 e. The van der Waals surface area contributed by atoms with Gasteiger partial charge in [0.05, 0.1) is 6.61 Å². The molecule has 0 spiro atoms. The Kier molecular flexibility index (Phi) is 4.62. The van der Waals surface area contributed by atoms with E-state index < -0.39 is 0 Å². The minimum atomic E-state index is 0.692. The molecule has 0 fully saturated rings. The fraction of sp³-hybridized carbons (Fsp3) is 0.176. The molecule has 19 heavy (non-hydrogen) atoms. The van der Waals surface area contributed by atoms with Crippen molar-refractivity contribution in [2.24, 2.45) is 0 Å². The first kappa shape index (κ1) is 13.2. The zero-order valence-corrected chi connectivity index (χ0v) is 11.2. The SMILES string of the molecule is C=C(CNc1ccc(OCC)cc1)c1ccccc1. The Bertz CT molecular complexity index is 517. The molecule has 0 atom stereocenters. The average Bonchev–Trinajstić information content (AvgIpc) is 2.47. The number of hydrogen-bond acceptors (Lipinski definition) is 2. The van der Waals surface area contributed by atoms with Crippen LogP contribution in [-0.2, 0) is 0 Å². The molecule has 2 heteroatoms. The summed E-state index contributed by atoms with van der Waals surface area (Å²) in [5, 5.41) is 3.36. The molecule has 0 aliphatic carbocycles. The van der Waals surface area contributed by atoms with Crippen molar-refractivity contribution in [3.8, 4) is 5.75 Å². The first-order chi connectivity index (χ1) is 9.29. The first-order valence-electron chi connectivity index (χ1n) is 6.49. The normalized spacial score (nSPS) is 9.95. The standard InChI is InChI=1S/C17H19NO/c1-3-19-17-11-9-16(10-12-17)18-13-14(2)15-7-5-4-6-8-15/h4-12,18H,2-3,13H2,1H3. The average molecular weight is 253 g/mol. The van der Waals surface area contributed by atoms with Crippen LogP contribution in [0, 0.1) is 0 Å². The molecule has 0 amide bonds. The number of ether oxygens (including phenoxy) is 1. The molecule has 0 saturated heterocycles. The van der Waals surface area contributed by atoms with Crippen molar-refractivity contribution in [3.63, 3.8) is 0 Å². The van der Waals surface area contributed by atoms with Gasteiger partial charge in [0.1, 0.15) is 5.75 Å². The van der Waals surface area contributed by atoms with Crippen LogP contribution in [0.1, 0.15) is 12.5 Å². The lowest BCUT2D eigenvalue weighted by Gasteiger charge is -2.10. The highest BCUT2D eigenvalue weighted by atomic mass is 16.5. The fourth-order valence-electron chi connectivity index (χ4n) is 1.82. The van der Waals surface area contributed by atoms with E-state index in [2.05, 4.69) is 24.0 Å². The van der Waals surface area contributed by atoms with Gasteiger partial charge in [0.15, 0.2) is 0 Å². The van der Waals surface area contributed by atoms with Crippen LogP contribution in [0.3, 0.4) is 0 Å². The van der Waals surface area contributed by atoms with Gasteiger partial charge in [0.2, 0.25) is 0 Å². The molecule has 0 saturated carbocycles. The first-order valence-corrected chi connectivity index (χ1v) is 6.49. The molecule has 0 aliphatic rings. The van der Waals surface area contributed by atoms with Gasteiger partial charge >= 0.3 is 0 Å². The summed E-state index contributed by atoms with van der Waals surface area (Å²) in [5.74, 6) is 0.898. The third-order valence-corrected chi connectivity index (χ3v) is 2.85. The van der Waals surface area contributed by atoms with E-state index in [1.165, 1.54) is 5.56 Å². The van der Waals surface area contributed by atoms with Gasteiger partial charge in [-0.25, -0.2) is 0 Å². The number of nitrogens with one attached hydrogen (secondary N) is 1. The van der Waals surface area contributed by atoms with Gasteiger partial charge in [-0.05, 0) is 42.3 Å². The maximum atomic E-state index is 5.41. The Labute approximate surface area is 114 Å². The van der Waals surface area contributed by atoms with Gasteiger partial charge in [-0.3, -0.25) is 0 Å². The summed E-state index contributed by atoms with van der Waals surface area (Å²) >= 11 is 0. The van der Waals surface area contributed by atoms with Gasteiger partial charge in [0.25, 0.3) is 0 Å². The number of benzene rings is 2. The minimum absolute atomic E-state index is 0.692. The van der Waals surface area contributed by atoms with Crippen LogP contribution in [0.25, 0.3) is 5.57 Å². The van der Waals surface area contributed by atoms with E-state index in [1.54, 1.807) is 0 Å². The van der Waals surface area contributed by atoms with Crippen molar-refractivity contribution in [1.29, 1.82) is 0 Å². The lowest BCUT2D eigenvalue weighted by atomic mass is 10.1. The minimum Gasteiger partial charge on any atom is -0.494 e. The number of anilines is 1. The van der Waals surface area contributed by atoms with E-state index in [0.29, 0.717) is 6.61 Å². The highest BCUT2D eigenvalue weighted by molar-refractivity contribution is 5.67. The summed E-state index contributed by atoms with van der Waals surface area (Å²) in [4.78, 5) is 0. The smallest absolute Gasteiger partial charge is 0.119 e. The molecule has 0 bridgehead atoms. The second-order valence-corrected chi connectivity index (χ2v) is 4.28. The van der Waals surface area contributed by atoms with Crippen LogP contribution in [0.2, 0.25) is 0 Å². The van der Waals surface area contributed by atoms with E-state index in [9.17, 15) is 0 Å². The van der Waals surface area contributed by atoms with Crippen LogP contribution in [-0.4, -0.2) is 13.2 Å². The predicted molar refractivity (Wildman–Crippen MR) is 81.6 cm³/mol. The molecule has 2 nitrogen and oxygen atoms in total. The Morgan fingerprint density at radius 3 is 2.37 bits per heavy atom. The summed E-state index contributed by atoms with van der Waals surface area (Å²) in [6.45, 7) is 7.51. The molecule has 2 rings (SSSR count). The topological polar surface area (TPSA) is 21.3 Å². The largest absolute Gasteiger partial charge is 0.494 e. The Morgan fingerprint density at radius 2 is 1.74 bits per heavy atom. The lowest BCUT2D eigenvalue weighted by Crippen LogP contribution is -2.03. The Hall–Kier alpha value is -2.22. The molecule has 0 heterocycles. The van der Waals surface area contributed by atoms with Gasteiger partial charge in [0, 0.05) is 12.2 Å². The van der Waals surface area contributed by atoms with Crippen molar-refractivity contribution in [1.82, 2.24) is 0 Å². The molecule has 0 aliphatic heterocycles. The summed E-state index contributed by atoms with van der Waals surface area (Å²) in [7, 11) is 0. The van der Waals surface area contributed by atoms with E-state index in [-0.39, 0.29) is 0 Å². The molecule has 98 valence electrons. The lowest BCUT2D eigenvalue weighted by molar-refractivity contribution is 0.340. The zero-order valence-electron chi connectivity index (χ0n) is 11.2. The van der Waals surface area contributed by atoms with Gasteiger partial charge in [-0.2, -0.15) is 0 Å². The monoisotopic (exact) mass is 253 g/mol. The van der Waals surface area contributed by atoms with Crippen LogP contribution >= 0.6 is 0 Å². The van der Waals surface area contributed by atoms with Crippen molar-refractivity contribution >= 4 is 11.3 Å². The Morgan fingerprint density at radius 1 is 1.05 bits per heavy atom. The van der Waals surface area contributed by atoms with E-state index >= 15 is 0 Å². The summed E-state index contributed by atoms with van der Waals surface area (Å²) in [5.41, 5.74) is 3.32. The second kappa shape index (κ2) is 6.64. The number of hydrogen-bond donors (Lipinski definition) is 1. The zero-order chi connectivity index (χ0) is 13.5. The third-order valence-electron chi connectivity index (χ3n) is 2.85. The third kappa shape index (κ3) is 3.88. The summed E-state index contributed by atoms with van der Waals surface area (Å²) in [6, 6.07) is 18.2. The predicted octanol–water partition coefficient (Wildman–Crippen LogP) is 4.21. The van der Waals surface area contributed by atoms with Crippen molar-refractivity contribution in [2.75, 3.05) is 18.5 Å². The second-order valence-electron chi connectivity index (χ2n) is 4.28. The maximum absolute atomic E-state index is 5.41. The van der Waals surface area contributed by atoms with Crippen LogP contribution in [0.15, 0.2) is 61.2 Å². The highest BCUT2D eigenvalue weighted by Gasteiger charge is 1.98. The van der Waals surface area contributed by atoms with E-state index in [4.69, 9.17) is 4.74 Å². The highest BCUT2D eigenvalue weighted by Crippen LogP contribution is 2.17. The van der Waals surface area contributed by atoms with Crippen molar-refractivity contribution in [3.05, 3.63) is 66.7 Å². The molecule has 1 N–H and O–H groups in total. The van der Waals surface area contributed by atoms with Crippen molar-refractivity contribution < 1.29 is 4.74 Å². The molecule has 0 aromatic heterocycles. The quantitative estimate of drug-likeness (QED) is 0.832. The fourth-order valence-corrected chi connectivity index (χ4v) is 1.82. The van der Waals surface area contributed by atoms with E-state index in [0.717, 1.165) is 23.6 Å². The van der Waals surface area contributed by atoms with Gasteiger partial charge in [-0.15, -0.1) is 0 Å². The summed E-state index contributed by atoms with van der Waals surface area (Å²) < 4.78 is 5.41. The van der Waals surface area contributed by atoms with Crippen LogP contribution < -0.4 is 10.1 Å². The molecule has 0 radical (unpaired) electrons. The molecule has 0 unspecified atom stereocenters. The Balaban J connectivity index is 1.90. The number of rotatable bonds is 6. The van der Waals surface area contributed by atoms with Gasteiger partial charge in [-0.1, -0.05) is 36.9 Å². The molecule has 2 aromatic carbocycles. The molecular formula is C17H19NO. The van der Waals surface area contributed by atoms with E-state index in [1.807, 2.05) is 49.4 Å². The summed E-state index contributed by atoms with van der Waals surface area (Å²) in [6.07, 6.45) is 0. The van der Waals surface area contributed by atoms with Crippen LogP contribution in [0.4, 0.5) is 5.69 Å². The van der Waals surface area contributed by atoms with Crippen molar-refractivity contribution in [2.45, 2.75) is 6.92 Å². The van der Waals surface area contributed by atoms with Gasteiger partial charge < -0.3 is 10.1 Å². The molecular weight excluding hydrogens is 234 g/mol.